The van der Waals surface area contributed by atoms with Gasteiger partial charge in [0.25, 0.3) is 0 Å². The van der Waals surface area contributed by atoms with E-state index in [9.17, 15) is 4.79 Å². The number of guanidine groups is 1. The predicted octanol–water partition coefficient (Wildman–Crippen LogP) is 2.38. The van der Waals surface area contributed by atoms with Crippen molar-refractivity contribution in [1.82, 2.24) is 15.5 Å². The Bertz CT molecular complexity index is 846. The van der Waals surface area contributed by atoms with E-state index in [0.29, 0.717) is 18.5 Å². The van der Waals surface area contributed by atoms with Crippen LogP contribution in [0.1, 0.15) is 23.1 Å². The van der Waals surface area contributed by atoms with Crippen molar-refractivity contribution in [2.45, 2.75) is 31.8 Å². The summed E-state index contributed by atoms with van der Waals surface area (Å²) in [6.45, 7) is 0.740. The van der Waals surface area contributed by atoms with Crippen LogP contribution < -0.4 is 15.4 Å². The topological polar surface area (TPSA) is 66.0 Å². The quantitative estimate of drug-likeness (QED) is 0.583. The molecule has 0 heterocycles. The number of aliphatic imine (C=N–C) groups is 1. The highest BCUT2D eigenvalue weighted by Crippen LogP contribution is 2.21. The Morgan fingerprint density at radius 2 is 1.86 bits per heavy atom. The zero-order chi connectivity index (χ0) is 20.6. The molecule has 6 heteroatoms. The SMILES string of the molecule is COc1ccc(CN=C(NCC(=O)N(C)C)NC2CCc3ccccc3C2)cc1. The molecule has 0 fully saturated rings. The van der Waals surface area contributed by atoms with Crippen LogP contribution in [0.2, 0.25) is 0 Å². The van der Waals surface area contributed by atoms with Crippen molar-refractivity contribution >= 4 is 11.9 Å². The van der Waals surface area contributed by atoms with Crippen LogP contribution in [0.4, 0.5) is 0 Å². The third kappa shape index (κ3) is 5.98. The molecule has 3 rings (SSSR count). The minimum atomic E-state index is 0.0120. The number of aryl methyl sites for hydroxylation is 1. The molecule has 0 spiro atoms. The summed E-state index contributed by atoms with van der Waals surface area (Å²) in [6.07, 6.45) is 3.05. The summed E-state index contributed by atoms with van der Waals surface area (Å²) in [5.74, 6) is 1.50. The third-order valence-corrected chi connectivity index (χ3v) is 5.17. The van der Waals surface area contributed by atoms with Crippen LogP contribution >= 0.6 is 0 Å². The highest BCUT2D eigenvalue weighted by atomic mass is 16.5. The monoisotopic (exact) mass is 394 g/mol. The molecule has 0 aliphatic heterocycles. The first-order valence-electron chi connectivity index (χ1n) is 10.00. The maximum atomic E-state index is 12.0. The van der Waals surface area contributed by atoms with Crippen LogP contribution in [0.5, 0.6) is 5.75 Å². The molecule has 6 nitrogen and oxygen atoms in total. The number of carbonyl (C=O) groups excluding carboxylic acids is 1. The number of hydrogen-bond donors (Lipinski definition) is 2. The molecular formula is C23H30N4O2. The summed E-state index contributed by atoms with van der Waals surface area (Å²) in [6, 6.07) is 16.7. The molecule has 0 aromatic heterocycles. The number of benzene rings is 2. The number of rotatable bonds is 6. The Morgan fingerprint density at radius 1 is 1.14 bits per heavy atom. The fourth-order valence-electron chi connectivity index (χ4n) is 3.39. The largest absolute Gasteiger partial charge is 0.497 e. The zero-order valence-corrected chi connectivity index (χ0v) is 17.4. The van der Waals surface area contributed by atoms with E-state index in [1.54, 1.807) is 26.1 Å². The van der Waals surface area contributed by atoms with Crippen LogP contribution in [0, 0.1) is 0 Å². The van der Waals surface area contributed by atoms with Crippen molar-refractivity contribution < 1.29 is 9.53 Å². The molecule has 1 amide bonds. The van der Waals surface area contributed by atoms with Crippen molar-refractivity contribution in [3.8, 4) is 5.75 Å². The smallest absolute Gasteiger partial charge is 0.241 e. The van der Waals surface area contributed by atoms with Crippen LogP contribution in [-0.4, -0.2) is 50.6 Å². The number of nitrogens with zero attached hydrogens (tertiary/aromatic N) is 2. The molecule has 0 radical (unpaired) electrons. The van der Waals surface area contributed by atoms with Gasteiger partial charge in [0.1, 0.15) is 5.75 Å². The number of methoxy groups -OCH3 is 1. The van der Waals surface area contributed by atoms with Crippen molar-refractivity contribution in [1.29, 1.82) is 0 Å². The first-order chi connectivity index (χ1) is 14.0. The van der Waals surface area contributed by atoms with Gasteiger partial charge in [-0.2, -0.15) is 0 Å². The number of likely N-dealkylation sites (N-methyl/N-ethyl adjacent to an activating group) is 1. The summed E-state index contributed by atoms with van der Waals surface area (Å²) in [4.78, 5) is 18.3. The molecule has 2 N–H and O–H groups in total. The van der Waals surface area contributed by atoms with Crippen LogP contribution in [0.3, 0.4) is 0 Å². The number of nitrogens with one attached hydrogen (secondary N) is 2. The summed E-state index contributed by atoms with van der Waals surface area (Å²) < 4.78 is 5.21. The molecule has 154 valence electrons. The molecular weight excluding hydrogens is 364 g/mol. The maximum absolute atomic E-state index is 12.0. The lowest BCUT2D eigenvalue weighted by Crippen LogP contribution is -2.48. The molecule has 29 heavy (non-hydrogen) atoms. The normalized spacial score (nSPS) is 16.0. The summed E-state index contributed by atoms with van der Waals surface area (Å²) in [5.41, 5.74) is 3.90. The van der Waals surface area contributed by atoms with E-state index < -0.39 is 0 Å². The van der Waals surface area contributed by atoms with Crippen LogP contribution in [0.25, 0.3) is 0 Å². The van der Waals surface area contributed by atoms with Gasteiger partial charge in [0.15, 0.2) is 5.96 Å². The number of hydrogen-bond acceptors (Lipinski definition) is 3. The van der Waals surface area contributed by atoms with Crippen molar-refractivity contribution in [3.63, 3.8) is 0 Å². The van der Waals surface area contributed by atoms with E-state index in [1.807, 2.05) is 24.3 Å². The van der Waals surface area contributed by atoms with Crippen LogP contribution in [0.15, 0.2) is 53.5 Å². The second kappa shape index (κ2) is 9.96. The average molecular weight is 395 g/mol. The average Bonchev–Trinajstić information content (AvgIpc) is 2.75. The molecule has 1 atom stereocenters. The summed E-state index contributed by atoms with van der Waals surface area (Å²) >= 11 is 0. The van der Waals surface area contributed by atoms with Gasteiger partial charge in [-0.15, -0.1) is 0 Å². The van der Waals surface area contributed by atoms with Gasteiger partial charge in [0.05, 0.1) is 20.2 Å². The molecule has 1 aliphatic carbocycles. The standard InChI is InChI=1S/C23H30N4O2/c1-27(2)22(28)16-25-23(24-15-17-8-12-21(29-3)13-9-17)26-20-11-10-18-6-4-5-7-19(18)14-20/h4-9,12-13,20H,10-11,14-16H2,1-3H3,(H2,24,25,26). The Hall–Kier alpha value is -3.02. The van der Waals surface area contributed by atoms with E-state index in [2.05, 4.69) is 34.9 Å². The van der Waals surface area contributed by atoms with Crippen molar-refractivity contribution in [2.24, 2.45) is 4.99 Å². The van der Waals surface area contributed by atoms with Gasteiger partial charge in [-0.25, -0.2) is 4.99 Å². The van der Waals surface area contributed by atoms with E-state index in [4.69, 9.17) is 9.73 Å². The van der Waals surface area contributed by atoms with Crippen LogP contribution in [-0.2, 0) is 24.2 Å². The fraction of sp³-hybridized carbons (Fsp3) is 0.391. The predicted molar refractivity (Wildman–Crippen MR) is 116 cm³/mol. The third-order valence-electron chi connectivity index (χ3n) is 5.17. The molecule has 1 aliphatic rings. The van der Waals surface area contributed by atoms with Gasteiger partial charge in [0.2, 0.25) is 5.91 Å². The van der Waals surface area contributed by atoms with Gasteiger partial charge < -0.3 is 20.3 Å². The second-order valence-corrected chi connectivity index (χ2v) is 7.51. The van der Waals surface area contributed by atoms with E-state index >= 15 is 0 Å². The molecule has 1 unspecified atom stereocenters. The number of amides is 1. The minimum Gasteiger partial charge on any atom is -0.497 e. The Labute approximate surface area is 173 Å². The van der Waals surface area contributed by atoms with Gasteiger partial charge >= 0.3 is 0 Å². The number of ether oxygens (including phenoxy) is 1. The zero-order valence-electron chi connectivity index (χ0n) is 17.4. The van der Waals surface area contributed by atoms with Gasteiger partial charge in [0, 0.05) is 20.1 Å². The maximum Gasteiger partial charge on any atom is 0.241 e. The minimum absolute atomic E-state index is 0.0120. The van der Waals surface area contributed by atoms with Gasteiger partial charge in [-0.1, -0.05) is 36.4 Å². The molecule has 0 saturated carbocycles. The molecule has 2 aromatic carbocycles. The van der Waals surface area contributed by atoms with E-state index in [1.165, 1.54) is 11.1 Å². The summed E-state index contributed by atoms with van der Waals surface area (Å²) in [5, 5.41) is 6.72. The fourth-order valence-corrected chi connectivity index (χ4v) is 3.39. The van der Waals surface area contributed by atoms with E-state index in [-0.39, 0.29) is 12.5 Å². The molecule has 2 aromatic rings. The Kier molecular flexibility index (Phi) is 7.11. The lowest BCUT2D eigenvalue weighted by atomic mass is 9.88. The van der Waals surface area contributed by atoms with E-state index in [0.717, 1.165) is 30.6 Å². The van der Waals surface area contributed by atoms with Crippen molar-refractivity contribution in [2.75, 3.05) is 27.7 Å². The number of carbonyl (C=O) groups is 1. The highest BCUT2D eigenvalue weighted by molar-refractivity contribution is 5.86. The molecule has 0 saturated heterocycles. The Morgan fingerprint density at radius 3 is 2.55 bits per heavy atom. The number of fused-ring (bicyclic) bond motifs is 1. The lowest BCUT2D eigenvalue weighted by molar-refractivity contribution is -0.127. The Balaban J connectivity index is 1.67. The lowest BCUT2D eigenvalue weighted by Gasteiger charge is -2.27. The second-order valence-electron chi connectivity index (χ2n) is 7.51. The molecule has 0 bridgehead atoms. The first kappa shape index (κ1) is 20.7. The summed E-state index contributed by atoms with van der Waals surface area (Å²) in [7, 11) is 5.16. The van der Waals surface area contributed by atoms with Crippen molar-refractivity contribution in [3.05, 3.63) is 65.2 Å². The van der Waals surface area contributed by atoms with Gasteiger partial charge in [-0.3, -0.25) is 4.79 Å². The van der Waals surface area contributed by atoms with Gasteiger partial charge in [-0.05, 0) is 48.1 Å². The first-order valence-corrected chi connectivity index (χ1v) is 10.00. The highest BCUT2D eigenvalue weighted by Gasteiger charge is 2.19.